The first-order chi connectivity index (χ1) is 17.5. The highest BCUT2D eigenvalue weighted by molar-refractivity contribution is 6.01. The van der Waals surface area contributed by atoms with Crippen LogP contribution in [-0.4, -0.2) is 36.5 Å². The molecule has 2 aliphatic heterocycles. The zero-order chi connectivity index (χ0) is 25.2. The SMILES string of the molecule is CCOc1cc2c(cc1OCC)[C@H]1[C@H](C(=O)NCc3ccc(C)cc3)c3ccccc3C(=O)N1CC2. The summed E-state index contributed by atoms with van der Waals surface area (Å²) in [5.41, 5.74) is 5.62. The minimum absolute atomic E-state index is 0.0318. The summed E-state index contributed by atoms with van der Waals surface area (Å²) in [4.78, 5) is 29.3. The number of nitrogens with zero attached hydrogens (tertiary/aromatic N) is 1. The molecule has 3 aromatic rings. The molecule has 0 saturated carbocycles. The van der Waals surface area contributed by atoms with Gasteiger partial charge in [-0.2, -0.15) is 0 Å². The number of benzene rings is 3. The third-order valence-electron chi connectivity index (χ3n) is 7.05. The van der Waals surface area contributed by atoms with Crippen LogP contribution in [0.2, 0.25) is 0 Å². The van der Waals surface area contributed by atoms with Gasteiger partial charge >= 0.3 is 0 Å². The van der Waals surface area contributed by atoms with Crippen LogP contribution in [0.3, 0.4) is 0 Å². The third-order valence-corrected chi connectivity index (χ3v) is 7.05. The molecule has 0 unspecified atom stereocenters. The lowest BCUT2D eigenvalue weighted by Gasteiger charge is -2.45. The molecule has 0 spiro atoms. The summed E-state index contributed by atoms with van der Waals surface area (Å²) in [6, 6.07) is 19.2. The van der Waals surface area contributed by atoms with Gasteiger partial charge in [-0.25, -0.2) is 0 Å². The lowest BCUT2D eigenvalue weighted by Crippen LogP contribution is -2.50. The van der Waals surface area contributed by atoms with Crippen molar-refractivity contribution in [2.24, 2.45) is 0 Å². The van der Waals surface area contributed by atoms with Crippen molar-refractivity contribution < 1.29 is 19.1 Å². The van der Waals surface area contributed by atoms with Crippen LogP contribution < -0.4 is 14.8 Å². The van der Waals surface area contributed by atoms with Gasteiger partial charge in [0.05, 0.1) is 25.2 Å². The van der Waals surface area contributed by atoms with E-state index >= 15 is 0 Å². The predicted octanol–water partition coefficient (Wildman–Crippen LogP) is 4.95. The molecule has 0 fully saturated rings. The Kier molecular flexibility index (Phi) is 6.68. The first kappa shape index (κ1) is 23.9. The van der Waals surface area contributed by atoms with Crippen molar-refractivity contribution in [2.45, 2.75) is 45.7 Å². The summed E-state index contributed by atoms with van der Waals surface area (Å²) >= 11 is 0. The molecule has 0 aromatic heterocycles. The second-order valence-electron chi connectivity index (χ2n) is 9.33. The van der Waals surface area contributed by atoms with E-state index in [9.17, 15) is 9.59 Å². The zero-order valence-electron chi connectivity index (χ0n) is 21.0. The molecule has 6 nitrogen and oxygen atoms in total. The van der Waals surface area contributed by atoms with E-state index in [1.54, 1.807) is 0 Å². The van der Waals surface area contributed by atoms with Crippen LogP contribution in [0, 0.1) is 6.92 Å². The molecular weight excluding hydrogens is 452 g/mol. The molecule has 36 heavy (non-hydrogen) atoms. The van der Waals surface area contributed by atoms with Crippen LogP contribution >= 0.6 is 0 Å². The van der Waals surface area contributed by atoms with Gasteiger partial charge in [0.15, 0.2) is 11.5 Å². The van der Waals surface area contributed by atoms with Gasteiger partial charge in [0.1, 0.15) is 0 Å². The van der Waals surface area contributed by atoms with E-state index in [2.05, 4.69) is 5.32 Å². The van der Waals surface area contributed by atoms with Crippen molar-refractivity contribution in [3.05, 3.63) is 94.0 Å². The largest absolute Gasteiger partial charge is 0.490 e. The minimum atomic E-state index is -0.532. The lowest BCUT2D eigenvalue weighted by atomic mass is 9.75. The highest BCUT2D eigenvalue weighted by Crippen LogP contribution is 2.48. The van der Waals surface area contributed by atoms with Crippen LogP contribution in [0.1, 0.15) is 64.0 Å². The molecule has 5 rings (SSSR count). The van der Waals surface area contributed by atoms with Gasteiger partial charge in [0.2, 0.25) is 5.91 Å². The quantitative estimate of drug-likeness (QED) is 0.516. The molecule has 6 heteroatoms. The highest BCUT2D eigenvalue weighted by atomic mass is 16.5. The van der Waals surface area contributed by atoms with Crippen molar-refractivity contribution in [2.75, 3.05) is 19.8 Å². The minimum Gasteiger partial charge on any atom is -0.490 e. The Morgan fingerprint density at radius 2 is 1.67 bits per heavy atom. The fourth-order valence-electron chi connectivity index (χ4n) is 5.36. The Hall–Kier alpha value is -3.80. The lowest BCUT2D eigenvalue weighted by molar-refractivity contribution is -0.124. The van der Waals surface area contributed by atoms with Gasteiger partial charge in [-0.1, -0.05) is 48.0 Å². The number of carbonyl (C=O) groups is 2. The Balaban J connectivity index is 1.57. The maximum absolute atomic E-state index is 13.8. The standard InChI is InChI=1S/C30H32N2O4/c1-4-35-25-16-21-14-15-32-28(24(21)17-26(25)36-5-2)27(22-8-6-7-9-23(22)30(32)34)29(33)31-18-20-12-10-19(3)11-13-20/h6-13,16-17,27-28H,4-5,14-15,18H2,1-3H3,(H,31,33)/t27-,28+/m1/s1. The Labute approximate surface area is 212 Å². The first-order valence-electron chi connectivity index (χ1n) is 12.7. The first-order valence-corrected chi connectivity index (χ1v) is 12.7. The van der Waals surface area contributed by atoms with Crippen molar-refractivity contribution in [3.63, 3.8) is 0 Å². The smallest absolute Gasteiger partial charge is 0.254 e. The third kappa shape index (κ3) is 4.32. The number of hydrogen-bond donors (Lipinski definition) is 1. The number of rotatable bonds is 7. The van der Waals surface area contributed by atoms with E-state index < -0.39 is 12.0 Å². The Morgan fingerprint density at radius 3 is 2.39 bits per heavy atom. The monoisotopic (exact) mass is 484 g/mol. The summed E-state index contributed by atoms with van der Waals surface area (Å²) in [6.07, 6.45) is 0.698. The fraction of sp³-hybridized carbons (Fsp3) is 0.333. The highest BCUT2D eigenvalue weighted by Gasteiger charge is 2.46. The Morgan fingerprint density at radius 1 is 0.972 bits per heavy atom. The van der Waals surface area contributed by atoms with Crippen LogP contribution in [0.5, 0.6) is 11.5 Å². The number of nitrogens with one attached hydrogen (secondary N) is 1. The molecule has 2 aliphatic rings. The van der Waals surface area contributed by atoms with Crippen molar-refractivity contribution in [1.29, 1.82) is 0 Å². The molecule has 2 atom stereocenters. The second kappa shape index (κ2) is 10.1. The molecule has 0 radical (unpaired) electrons. The van der Waals surface area contributed by atoms with Gasteiger partial charge in [-0.05, 0) is 67.6 Å². The molecule has 186 valence electrons. The van der Waals surface area contributed by atoms with E-state index in [1.807, 2.05) is 86.3 Å². The van der Waals surface area contributed by atoms with Gasteiger partial charge in [-0.3, -0.25) is 9.59 Å². The van der Waals surface area contributed by atoms with E-state index in [0.717, 1.165) is 22.3 Å². The van der Waals surface area contributed by atoms with Crippen LogP contribution in [0.4, 0.5) is 0 Å². The predicted molar refractivity (Wildman–Crippen MR) is 138 cm³/mol. The number of fused-ring (bicyclic) bond motifs is 4. The van der Waals surface area contributed by atoms with Gasteiger partial charge < -0.3 is 19.7 Å². The van der Waals surface area contributed by atoms with Gasteiger partial charge in [0.25, 0.3) is 5.91 Å². The molecule has 0 aliphatic carbocycles. The second-order valence-corrected chi connectivity index (χ2v) is 9.33. The van der Waals surface area contributed by atoms with Crippen LogP contribution in [0.15, 0.2) is 60.7 Å². The van der Waals surface area contributed by atoms with E-state index in [-0.39, 0.29) is 11.8 Å². The van der Waals surface area contributed by atoms with Crippen molar-refractivity contribution in [3.8, 4) is 11.5 Å². The summed E-state index contributed by atoms with van der Waals surface area (Å²) < 4.78 is 11.8. The Bertz CT molecular complexity index is 1280. The van der Waals surface area contributed by atoms with Crippen LogP contribution in [-0.2, 0) is 17.8 Å². The summed E-state index contributed by atoms with van der Waals surface area (Å²) in [7, 11) is 0. The summed E-state index contributed by atoms with van der Waals surface area (Å²) in [5, 5.41) is 3.15. The summed E-state index contributed by atoms with van der Waals surface area (Å²) in [6.45, 7) is 7.93. The molecule has 0 bridgehead atoms. The molecule has 0 saturated heterocycles. The molecule has 1 N–H and O–H groups in total. The maximum atomic E-state index is 13.8. The van der Waals surface area contributed by atoms with E-state index in [0.29, 0.717) is 49.8 Å². The number of hydrogen-bond acceptors (Lipinski definition) is 4. The van der Waals surface area contributed by atoms with E-state index in [1.165, 1.54) is 5.56 Å². The van der Waals surface area contributed by atoms with Crippen molar-refractivity contribution in [1.82, 2.24) is 10.2 Å². The molecule has 2 amide bonds. The molecular formula is C30H32N2O4. The summed E-state index contributed by atoms with van der Waals surface area (Å²) in [5.74, 6) is 0.691. The average molecular weight is 485 g/mol. The number of aryl methyl sites for hydroxylation is 1. The van der Waals surface area contributed by atoms with Gasteiger partial charge in [0, 0.05) is 18.7 Å². The number of ether oxygens (including phenoxy) is 2. The van der Waals surface area contributed by atoms with Crippen molar-refractivity contribution >= 4 is 11.8 Å². The fourth-order valence-corrected chi connectivity index (χ4v) is 5.36. The number of carbonyl (C=O) groups excluding carboxylic acids is 2. The van der Waals surface area contributed by atoms with Crippen LogP contribution in [0.25, 0.3) is 0 Å². The van der Waals surface area contributed by atoms with Gasteiger partial charge in [-0.15, -0.1) is 0 Å². The average Bonchev–Trinajstić information content (AvgIpc) is 2.89. The molecule has 3 aromatic carbocycles. The normalized spacial score (nSPS) is 18.1. The maximum Gasteiger partial charge on any atom is 0.254 e. The zero-order valence-corrected chi connectivity index (χ0v) is 21.0. The topological polar surface area (TPSA) is 67.9 Å². The van der Waals surface area contributed by atoms with E-state index in [4.69, 9.17) is 9.47 Å². The number of amides is 2. The molecule has 2 heterocycles.